The molecule has 14 nitrogen and oxygen atoms in total. The Morgan fingerprint density at radius 1 is 1.08 bits per heavy atom. The van der Waals surface area contributed by atoms with Crippen LogP contribution in [0.4, 0.5) is 0 Å². The Balaban J connectivity index is 0.00000102. The zero-order chi connectivity index (χ0) is 44.2. The second-order valence-electron chi connectivity index (χ2n) is 16.7. The molecule has 3 heterocycles. The number of carbonyl (C=O) groups is 4. The molecule has 2 aromatic heterocycles. The summed E-state index contributed by atoms with van der Waals surface area (Å²) in [5.41, 5.74) is 8.38. The van der Waals surface area contributed by atoms with Crippen molar-refractivity contribution < 1.29 is 33.8 Å². The monoisotopic (exact) mass is 823 g/mol. The lowest BCUT2D eigenvalue weighted by Gasteiger charge is -2.28. The van der Waals surface area contributed by atoms with Gasteiger partial charge in [0.15, 0.2) is 0 Å². The van der Waals surface area contributed by atoms with Crippen molar-refractivity contribution in [2.75, 3.05) is 33.9 Å². The fourth-order valence-corrected chi connectivity index (χ4v) is 7.54. The molecule has 4 N–H and O–H groups in total. The lowest BCUT2D eigenvalue weighted by molar-refractivity contribution is -0.131. The molecule has 14 heteroatoms. The molecule has 60 heavy (non-hydrogen) atoms. The quantitative estimate of drug-likeness (QED) is 0.0910. The number of aryl methyl sites for hydroxylation is 1. The van der Waals surface area contributed by atoms with Crippen LogP contribution in [-0.2, 0) is 48.0 Å². The van der Waals surface area contributed by atoms with Crippen molar-refractivity contribution >= 4 is 35.5 Å². The van der Waals surface area contributed by atoms with Gasteiger partial charge in [0.1, 0.15) is 18.1 Å². The van der Waals surface area contributed by atoms with Crippen LogP contribution in [0.15, 0.2) is 54.7 Å². The Hall–Kier alpha value is -5.62. The van der Waals surface area contributed by atoms with E-state index in [2.05, 4.69) is 45.7 Å². The number of methoxy groups -OCH3 is 1. The van der Waals surface area contributed by atoms with Crippen molar-refractivity contribution in [3.05, 3.63) is 71.5 Å². The maximum Gasteiger partial charge on any atom is 0.293 e. The maximum absolute atomic E-state index is 13.2. The zero-order valence-electron chi connectivity index (χ0n) is 36.4. The number of hydrogen-bond donors (Lipinski definition) is 4. The van der Waals surface area contributed by atoms with Crippen LogP contribution in [0, 0.1) is 22.2 Å². The van der Waals surface area contributed by atoms with Gasteiger partial charge in [0.2, 0.25) is 11.8 Å². The smallest absolute Gasteiger partial charge is 0.293 e. The molecule has 5 rings (SSSR count). The Labute approximate surface area is 353 Å². The number of aromatic hydroxyl groups is 1. The minimum atomic E-state index is -1.24. The van der Waals surface area contributed by atoms with Gasteiger partial charge in [-0.3, -0.25) is 24.8 Å². The molecule has 1 fully saturated rings. The van der Waals surface area contributed by atoms with E-state index < -0.39 is 34.7 Å². The number of nitrogens with one attached hydrogen (secondary N) is 3. The lowest BCUT2D eigenvalue weighted by atomic mass is 9.84. The highest BCUT2D eigenvalue weighted by Crippen LogP contribution is 2.42. The molecule has 1 saturated heterocycles. The normalized spacial score (nSPS) is 14.8. The number of hydrogen-bond acceptors (Lipinski definition) is 11. The highest BCUT2D eigenvalue weighted by molar-refractivity contribution is 5.95. The Kier molecular flexibility index (Phi) is 16.5. The van der Waals surface area contributed by atoms with Gasteiger partial charge in [0, 0.05) is 68.8 Å². The number of phenols is 1. The largest absolute Gasteiger partial charge is 0.508 e. The van der Waals surface area contributed by atoms with E-state index in [-0.39, 0.29) is 24.9 Å². The summed E-state index contributed by atoms with van der Waals surface area (Å²) in [7, 11) is 3.73. The summed E-state index contributed by atoms with van der Waals surface area (Å²) in [6, 6.07) is 14.9. The van der Waals surface area contributed by atoms with Crippen LogP contribution in [0.25, 0.3) is 33.3 Å². The standard InChI is InChI=1S/C41H49N5O7.C5H12N2/c1-9-46-35-13-12-28(19-33(35)34(20-40(4,5)23-53-24-48)37(46)32-11-10-14-43-36(32)25(2)52-8)29-15-27(17-31(50)18-29)16-30(21-47)45-39(51)38(44-26(3)49)41(6,7)22-42;1-7-5-3-2-4-6-7/h10-15,17-19,21,24-25,30,38,50H,9,16,20,23H2,1-8H3,(H,44,49)(H,45,51);6H,2-5H2,1H3. The number of rotatable bonds is 17. The van der Waals surface area contributed by atoms with Gasteiger partial charge >= 0.3 is 0 Å². The topological polar surface area (TPSA) is 188 Å². The average molecular weight is 824 g/mol. The number of aromatic nitrogens is 2. The molecular weight excluding hydrogens is 763 g/mol. The van der Waals surface area contributed by atoms with Crippen LogP contribution in [0.1, 0.15) is 84.2 Å². The maximum atomic E-state index is 13.2. The third-order valence-electron chi connectivity index (χ3n) is 10.7. The van der Waals surface area contributed by atoms with Crippen LogP contribution in [0.5, 0.6) is 5.75 Å². The Bertz CT molecular complexity index is 2170. The molecule has 2 aromatic carbocycles. The predicted octanol–water partition coefficient (Wildman–Crippen LogP) is 6.04. The van der Waals surface area contributed by atoms with Gasteiger partial charge in [-0.25, -0.2) is 5.01 Å². The molecule has 0 saturated carbocycles. The van der Waals surface area contributed by atoms with Crippen molar-refractivity contribution in [2.24, 2.45) is 10.8 Å². The molecule has 0 aliphatic carbocycles. The molecule has 0 bridgehead atoms. The van der Waals surface area contributed by atoms with Crippen molar-refractivity contribution in [2.45, 2.75) is 98.9 Å². The van der Waals surface area contributed by atoms with E-state index >= 15 is 0 Å². The SMILES string of the molecule is CCn1c(-c2cccnc2C(C)OC)c(CC(C)(C)COC=O)c2cc(-c3cc(O)cc(CC(C=O)NC(=O)C(NC(C)=O)C(C)(C)C#N)c3)ccc21.CN1CCCCN1. The number of aldehydes is 1. The Morgan fingerprint density at radius 2 is 1.83 bits per heavy atom. The number of pyridine rings is 1. The van der Waals surface area contributed by atoms with E-state index in [4.69, 9.17) is 14.5 Å². The van der Waals surface area contributed by atoms with Crippen molar-refractivity contribution in [3.63, 3.8) is 0 Å². The second-order valence-corrected chi connectivity index (χ2v) is 16.7. The van der Waals surface area contributed by atoms with E-state index in [0.717, 1.165) is 45.5 Å². The summed E-state index contributed by atoms with van der Waals surface area (Å²) in [5.74, 6) is -1.18. The van der Waals surface area contributed by atoms with Crippen molar-refractivity contribution in [1.82, 2.24) is 30.6 Å². The second kappa shape index (κ2) is 21.1. The summed E-state index contributed by atoms with van der Waals surface area (Å²) < 4.78 is 13.2. The summed E-state index contributed by atoms with van der Waals surface area (Å²) in [4.78, 5) is 53.2. The molecule has 3 unspecified atom stereocenters. The number of benzene rings is 2. The molecule has 4 aromatic rings. The number of phenolic OH excluding ortho intramolecular Hbond substituents is 1. The summed E-state index contributed by atoms with van der Waals surface area (Å²) in [6.07, 6.45) is 5.37. The van der Waals surface area contributed by atoms with E-state index in [1.54, 1.807) is 19.4 Å². The third-order valence-corrected chi connectivity index (χ3v) is 10.7. The van der Waals surface area contributed by atoms with Gasteiger partial charge in [-0.1, -0.05) is 26.0 Å². The summed E-state index contributed by atoms with van der Waals surface area (Å²) in [6.45, 7) is 16.1. The highest BCUT2D eigenvalue weighted by atomic mass is 16.5. The molecule has 322 valence electrons. The molecule has 1 aliphatic heterocycles. The zero-order valence-corrected chi connectivity index (χ0v) is 36.4. The first-order valence-corrected chi connectivity index (χ1v) is 20.4. The van der Waals surface area contributed by atoms with Gasteiger partial charge in [0.05, 0.1) is 41.6 Å². The lowest BCUT2D eigenvalue weighted by Crippen LogP contribution is -2.56. The predicted molar refractivity (Wildman–Crippen MR) is 231 cm³/mol. The molecule has 0 radical (unpaired) electrons. The fraction of sp³-hybridized carbons (Fsp3) is 0.478. The van der Waals surface area contributed by atoms with E-state index in [0.29, 0.717) is 36.9 Å². The van der Waals surface area contributed by atoms with Crippen molar-refractivity contribution in [1.29, 1.82) is 5.26 Å². The summed E-state index contributed by atoms with van der Waals surface area (Å²) >= 11 is 0. The van der Waals surface area contributed by atoms with Gasteiger partial charge in [-0.05, 0) is 112 Å². The van der Waals surface area contributed by atoms with Crippen LogP contribution < -0.4 is 16.1 Å². The van der Waals surface area contributed by atoms with Crippen LogP contribution in [-0.4, -0.2) is 90.2 Å². The number of fused-ring (bicyclic) bond motifs is 1. The minimum Gasteiger partial charge on any atom is -0.508 e. The molecule has 1 aliphatic rings. The number of hydrazine groups is 1. The Morgan fingerprint density at radius 3 is 2.42 bits per heavy atom. The van der Waals surface area contributed by atoms with Gasteiger partial charge < -0.3 is 34.6 Å². The third kappa shape index (κ3) is 12.0. The number of ether oxygens (including phenoxy) is 2. The number of nitrogens with zero attached hydrogens (tertiary/aromatic N) is 4. The molecular formula is C46H61N7O7. The first-order chi connectivity index (χ1) is 28.5. The van der Waals surface area contributed by atoms with Gasteiger partial charge in [-0.2, -0.15) is 5.26 Å². The highest BCUT2D eigenvalue weighted by Gasteiger charge is 2.37. The fourth-order valence-electron chi connectivity index (χ4n) is 7.54. The number of amides is 2. The van der Waals surface area contributed by atoms with E-state index in [1.165, 1.54) is 46.2 Å². The molecule has 0 spiro atoms. The van der Waals surface area contributed by atoms with E-state index in [9.17, 15) is 29.5 Å². The first-order valence-electron chi connectivity index (χ1n) is 20.4. The van der Waals surface area contributed by atoms with E-state index in [1.807, 2.05) is 57.2 Å². The first kappa shape index (κ1) is 47.1. The van der Waals surface area contributed by atoms with Crippen LogP contribution in [0.2, 0.25) is 0 Å². The minimum absolute atomic E-state index is 0.0250. The van der Waals surface area contributed by atoms with Crippen LogP contribution in [0.3, 0.4) is 0 Å². The van der Waals surface area contributed by atoms with Crippen LogP contribution >= 0.6 is 0 Å². The molecule has 3 atom stereocenters. The van der Waals surface area contributed by atoms with Crippen molar-refractivity contribution in [3.8, 4) is 34.2 Å². The number of nitriles is 1. The average Bonchev–Trinajstić information content (AvgIpc) is 3.52. The van der Waals surface area contributed by atoms with Gasteiger partial charge in [0.25, 0.3) is 6.47 Å². The molecule has 2 amide bonds. The summed E-state index contributed by atoms with van der Waals surface area (Å²) in [5, 5.41) is 28.8. The number of carbonyl (C=O) groups excluding carboxylic acids is 4. The van der Waals surface area contributed by atoms with Gasteiger partial charge in [-0.15, -0.1) is 0 Å².